The summed E-state index contributed by atoms with van der Waals surface area (Å²) in [4.78, 5) is 15.6. The van der Waals surface area contributed by atoms with Crippen LogP contribution < -0.4 is 4.74 Å². The topological polar surface area (TPSA) is 59.4 Å². The first-order chi connectivity index (χ1) is 12.0. The summed E-state index contributed by atoms with van der Waals surface area (Å²) in [6.07, 6.45) is 5.26. The number of benzene rings is 1. The van der Waals surface area contributed by atoms with Crippen molar-refractivity contribution in [2.75, 3.05) is 6.61 Å². The minimum Gasteiger partial charge on any atom is -0.490 e. The third kappa shape index (κ3) is 4.13. The zero-order chi connectivity index (χ0) is 18.4. The van der Waals surface area contributed by atoms with E-state index in [0.29, 0.717) is 17.7 Å². The molecule has 6 heteroatoms. The van der Waals surface area contributed by atoms with E-state index >= 15 is 0 Å². The van der Waals surface area contributed by atoms with E-state index < -0.39 is 23.2 Å². The molecule has 4 nitrogen and oxygen atoms in total. The normalized spacial score (nSPS) is 10.7. The Balaban J connectivity index is 2.63. The van der Waals surface area contributed by atoms with Crippen LogP contribution >= 0.6 is 0 Å². The summed E-state index contributed by atoms with van der Waals surface area (Å²) < 4.78 is 33.7. The lowest BCUT2D eigenvalue weighted by Crippen LogP contribution is -2.08. The molecule has 1 heterocycles. The van der Waals surface area contributed by atoms with Crippen molar-refractivity contribution >= 4 is 5.97 Å². The lowest BCUT2D eigenvalue weighted by Gasteiger charge is -2.16. The molecule has 0 atom stereocenters. The molecular weight excluding hydrogens is 328 g/mol. The summed E-state index contributed by atoms with van der Waals surface area (Å²) >= 11 is 0. The molecule has 0 radical (unpaired) electrons. The number of hydrogen-bond acceptors (Lipinski definition) is 3. The highest BCUT2D eigenvalue weighted by atomic mass is 19.2. The number of rotatable bonds is 8. The van der Waals surface area contributed by atoms with Gasteiger partial charge in [-0.15, -0.1) is 0 Å². The summed E-state index contributed by atoms with van der Waals surface area (Å²) in [5.74, 6) is -4.52. The summed E-state index contributed by atoms with van der Waals surface area (Å²) in [6, 6.07) is 4.51. The molecule has 1 aromatic heterocycles. The number of ether oxygens (including phenoxy) is 1. The number of carbonyl (C=O) groups is 1. The number of nitrogens with zero attached hydrogens (tertiary/aromatic N) is 1. The van der Waals surface area contributed by atoms with Gasteiger partial charge >= 0.3 is 5.97 Å². The Kier molecular flexibility index (Phi) is 6.44. The first kappa shape index (κ1) is 18.8. The molecule has 1 N–H and O–H groups in total. The van der Waals surface area contributed by atoms with Gasteiger partial charge < -0.3 is 9.84 Å². The number of halogens is 2. The van der Waals surface area contributed by atoms with Crippen LogP contribution in [0.4, 0.5) is 8.78 Å². The fourth-order valence-electron chi connectivity index (χ4n) is 2.68. The molecule has 2 rings (SSSR count). The first-order valence-electron chi connectivity index (χ1n) is 8.33. The van der Waals surface area contributed by atoms with Crippen molar-refractivity contribution in [1.82, 2.24) is 4.98 Å². The Morgan fingerprint density at radius 1 is 1.20 bits per heavy atom. The van der Waals surface area contributed by atoms with Crippen LogP contribution in [0.15, 0.2) is 24.4 Å². The maximum atomic E-state index is 14.4. The van der Waals surface area contributed by atoms with Crippen molar-refractivity contribution < 1.29 is 23.4 Å². The number of aromatic nitrogens is 1. The summed E-state index contributed by atoms with van der Waals surface area (Å²) in [5, 5.41) is 9.16. The van der Waals surface area contributed by atoms with Crippen molar-refractivity contribution in [2.24, 2.45) is 0 Å². The highest BCUT2D eigenvalue weighted by Gasteiger charge is 2.25. The number of carboxylic acids is 1. The van der Waals surface area contributed by atoms with Crippen molar-refractivity contribution in [3.63, 3.8) is 0 Å². The number of carboxylic acid groups (broad SMARTS) is 1. The van der Waals surface area contributed by atoms with E-state index in [4.69, 9.17) is 9.84 Å². The third-order valence-electron chi connectivity index (χ3n) is 3.88. The van der Waals surface area contributed by atoms with E-state index in [1.54, 1.807) is 25.3 Å². The molecule has 2 aromatic rings. The Bertz CT molecular complexity index is 763. The average molecular weight is 349 g/mol. The molecule has 0 unspecified atom stereocenters. The van der Waals surface area contributed by atoms with Gasteiger partial charge in [-0.05, 0) is 31.9 Å². The van der Waals surface area contributed by atoms with Crippen molar-refractivity contribution in [1.29, 1.82) is 0 Å². The van der Waals surface area contributed by atoms with Crippen LogP contribution in [0.5, 0.6) is 5.75 Å². The summed E-state index contributed by atoms with van der Waals surface area (Å²) in [7, 11) is 0. The minimum absolute atomic E-state index is 0.126. The average Bonchev–Trinajstić information content (AvgIpc) is 2.60. The van der Waals surface area contributed by atoms with Crippen molar-refractivity contribution in [3.8, 4) is 16.9 Å². The molecule has 0 aliphatic carbocycles. The fraction of sp³-hybridized carbons (Fsp3) is 0.368. The van der Waals surface area contributed by atoms with Gasteiger partial charge in [0.2, 0.25) is 5.82 Å². The van der Waals surface area contributed by atoms with E-state index in [2.05, 4.69) is 11.9 Å². The van der Waals surface area contributed by atoms with Crippen molar-refractivity contribution in [2.45, 2.75) is 39.5 Å². The molecule has 0 saturated heterocycles. The zero-order valence-corrected chi connectivity index (χ0v) is 14.3. The monoisotopic (exact) mass is 349 g/mol. The highest BCUT2D eigenvalue weighted by molar-refractivity contribution is 5.91. The second-order valence-electron chi connectivity index (χ2n) is 5.62. The Labute approximate surface area is 145 Å². The van der Waals surface area contributed by atoms with E-state index in [1.165, 1.54) is 0 Å². The molecule has 0 bridgehead atoms. The Morgan fingerprint density at radius 2 is 1.96 bits per heavy atom. The van der Waals surface area contributed by atoms with E-state index in [-0.39, 0.29) is 17.9 Å². The van der Waals surface area contributed by atoms with Gasteiger partial charge in [-0.25, -0.2) is 9.18 Å². The molecule has 0 amide bonds. The maximum Gasteiger partial charge on any atom is 0.338 e. The van der Waals surface area contributed by atoms with Gasteiger partial charge in [0.1, 0.15) is 0 Å². The Morgan fingerprint density at radius 3 is 2.60 bits per heavy atom. The summed E-state index contributed by atoms with van der Waals surface area (Å²) in [5.41, 5.74) is 0.750. The zero-order valence-electron chi connectivity index (χ0n) is 14.3. The van der Waals surface area contributed by atoms with Crippen molar-refractivity contribution in [3.05, 3.63) is 47.3 Å². The van der Waals surface area contributed by atoms with Crippen LogP contribution in [-0.4, -0.2) is 22.7 Å². The molecule has 25 heavy (non-hydrogen) atoms. The van der Waals surface area contributed by atoms with Crippen LogP contribution in [0.25, 0.3) is 11.1 Å². The molecule has 134 valence electrons. The lowest BCUT2D eigenvalue weighted by atomic mass is 9.97. The van der Waals surface area contributed by atoms with Crippen LogP contribution in [-0.2, 0) is 6.42 Å². The van der Waals surface area contributed by atoms with E-state index in [1.807, 2.05) is 0 Å². The highest BCUT2D eigenvalue weighted by Crippen LogP contribution is 2.37. The number of aromatic carboxylic acids is 1. The molecule has 0 saturated carbocycles. The largest absolute Gasteiger partial charge is 0.490 e. The van der Waals surface area contributed by atoms with E-state index in [0.717, 1.165) is 25.3 Å². The third-order valence-corrected chi connectivity index (χ3v) is 3.88. The van der Waals surface area contributed by atoms with E-state index in [9.17, 15) is 13.6 Å². The second kappa shape index (κ2) is 8.55. The van der Waals surface area contributed by atoms with Gasteiger partial charge in [0.25, 0.3) is 0 Å². The van der Waals surface area contributed by atoms with Crippen LogP contribution in [0.1, 0.15) is 49.2 Å². The van der Waals surface area contributed by atoms with Crippen LogP contribution in [0.3, 0.4) is 0 Å². The minimum atomic E-state index is -1.53. The summed E-state index contributed by atoms with van der Waals surface area (Å²) in [6.45, 7) is 3.86. The smallest absolute Gasteiger partial charge is 0.338 e. The molecule has 0 aliphatic rings. The predicted molar refractivity (Wildman–Crippen MR) is 90.9 cm³/mol. The Hall–Kier alpha value is -2.50. The number of hydrogen-bond donors (Lipinski definition) is 1. The molecule has 0 spiro atoms. The number of pyridine rings is 1. The number of aryl methyl sites for hydroxylation is 1. The van der Waals surface area contributed by atoms with Gasteiger partial charge in [0, 0.05) is 23.0 Å². The van der Waals surface area contributed by atoms with Gasteiger partial charge in [0.05, 0.1) is 12.2 Å². The maximum absolute atomic E-state index is 14.4. The fourth-order valence-corrected chi connectivity index (χ4v) is 2.68. The second-order valence-corrected chi connectivity index (χ2v) is 5.62. The SMILES string of the molecule is CCCCCc1ncccc1-c1cc(C(=O)O)c(F)c(F)c1OCC. The van der Waals surface area contributed by atoms with Gasteiger partial charge in [-0.1, -0.05) is 25.8 Å². The van der Waals surface area contributed by atoms with Gasteiger partial charge in [-0.3, -0.25) is 4.98 Å². The van der Waals surface area contributed by atoms with Crippen LogP contribution in [0.2, 0.25) is 0 Å². The van der Waals surface area contributed by atoms with Crippen LogP contribution in [0, 0.1) is 11.6 Å². The standard InChI is InChI=1S/C19H21F2NO3/c1-3-5-6-9-15-12(8-7-10-22-15)13-11-14(19(23)24)16(20)17(21)18(13)25-4-2/h7-8,10-11H,3-6,9H2,1-2H3,(H,23,24). The lowest BCUT2D eigenvalue weighted by molar-refractivity contribution is 0.0690. The molecule has 0 fully saturated rings. The molecule has 0 aliphatic heterocycles. The molecule has 1 aromatic carbocycles. The number of unbranched alkanes of at least 4 members (excludes halogenated alkanes) is 2. The van der Waals surface area contributed by atoms with Gasteiger partial charge in [0.15, 0.2) is 11.6 Å². The quantitative estimate of drug-likeness (QED) is 0.692. The van der Waals surface area contributed by atoms with Gasteiger partial charge in [-0.2, -0.15) is 4.39 Å². The molecular formula is C19H21F2NO3. The first-order valence-corrected chi connectivity index (χ1v) is 8.33. The predicted octanol–water partition coefficient (Wildman–Crippen LogP) is 4.86.